The van der Waals surface area contributed by atoms with Crippen molar-refractivity contribution in [3.63, 3.8) is 0 Å². The van der Waals surface area contributed by atoms with Gasteiger partial charge in [0.2, 0.25) is 5.91 Å². The molecule has 110 valence electrons. The molecule has 0 aromatic heterocycles. The number of carbonyl (C=O) groups is 2. The lowest BCUT2D eigenvalue weighted by molar-refractivity contribution is -0.149. The van der Waals surface area contributed by atoms with Crippen molar-refractivity contribution in [2.45, 2.75) is 37.9 Å². The zero-order valence-corrected chi connectivity index (χ0v) is 10.3. The molecular formula is C11H17F2NO5. The number of carboxylic acids is 1. The molecular weight excluding hydrogens is 264 g/mol. The summed E-state index contributed by atoms with van der Waals surface area (Å²) in [5, 5.41) is 11.3. The number of halogens is 2. The average molecular weight is 281 g/mol. The highest BCUT2D eigenvalue weighted by Crippen LogP contribution is 2.19. The van der Waals surface area contributed by atoms with Crippen LogP contribution in [0.5, 0.6) is 0 Å². The fourth-order valence-corrected chi connectivity index (χ4v) is 1.69. The lowest BCUT2D eigenvalue weighted by atomic mass is 10.2. The Bertz CT molecular complexity index is 313. The molecule has 2 unspecified atom stereocenters. The SMILES string of the molecule is O=C(CCOCC(F)F)NCC1CCC(C(=O)O)O1. The highest BCUT2D eigenvalue weighted by molar-refractivity contribution is 5.76. The van der Waals surface area contributed by atoms with E-state index in [4.69, 9.17) is 9.84 Å². The van der Waals surface area contributed by atoms with Gasteiger partial charge < -0.3 is 19.9 Å². The number of ether oxygens (including phenoxy) is 2. The minimum Gasteiger partial charge on any atom is -0.479 e. The van der Waals surface area contributed by atoms with Gasteiger partial charge >= 0.3 is 5.97 Å². The molecule has 0 spiro atoms. The minimum atomic E-state index is -2.54. The van der Waals surface area contributed by atoms with E-state index in [1.807, 2.05) is 0 Å². The Hall–Kier alpha value is -1.28. The lowest BCUT2D eigenvalue weighted by Gasteiger charge is -2.12. The number of aliphatic carboxylic acids is 1. The van der Waals surface area contributed by atoms with Gasteiger partial charge in [-0.25, -0.2) is 13.6 Å². The van der Waals surface area contributed by atoms with Crippen LogP contribution in [-0.2, 0) is 19.1 Å². The van der Waals surface area contributed by atoms with Crippen LogP contribution in [0.1, 0.15) is 19.3 Å². The Labute approximate surface area is 109 Å². The van der Waals surface area contributed by atoms with Crippen LogP contribution < -0.4 is 5.32 Å². The monoisotopic (exact) mass is 281 g/mol. The highest BCUT2D eigenvalue weighted by atomic mass is 19.3. The van der Waals surface area contributed by atoms with Crippen molar-refractivity contribution in [1.82, 2.24) is 5.32 Å². The maximum Gasteiger partial charge on any atom is 0.332 e. The number of alkyl halides is 2. The second-order valence-electron chi connectivity index (χ2n) is 4.18. The molecule has 1 amide bonds. The van der Waals surface area contributed by atoms with Crippen LogP contribution in [0.3, 0.4) is 0 Å². The fraction of sp³-hybridized carbons (Fsp3) is 0.818. The Morgan fingerprint density at radius 1 is 1.42 bits per heavy atom. The van der Waals surface area contributed by atoms with Gasteiger partial charge in [-0.05, 0) is 12.8 Å². The second-order valence-corrected chi connectivity index (χ2v) is 4.18. The van der Waals surface area contributed by atoms with Crippen LogP contribution >= 0.6 is 0 Å². The largest absolute Gasteiger partial charge is 0.479 e. The maximum atomic E-state index is 11.7. The zero-order valence-electron chi connectivity index (χ0n) is 10.3. The topological polar surface area (TPSA) is 84.9 Å². The van der Waals surface area contributed by atoms with Crippen molar-refractivity contribution in [2.24, 2.45) is 0 Å². The number of rotatable bonds is 8. The van der Waals surface area contributed by atoms with E-state index in [9.17, 15) is 18.4 Å². The Balaban J connectivity index is 2.06. The predicted molar refractivity (Wildman–Crippen MR) is 60.0 cm³/mol. The third-order valence-electron chi connectivity index (χ3n) is 2.63. The molecule has 6 nitrogen and oxygen atoms in total. The summed E-state index contributed by atoms with van der Waals surface area (Å²) in [5.74, 6) is -1.34. The normalized spacial score (nSPS) is 22.7. The summed E-state index contributed by atoms with van der Waals surface area (Å²) in [6.07, 6.45) is -2.68. The molecule has 1 aliphatic heterocycles. The van der Waals surface area contributed by atoms with Crippen LogP contribution in [0.2, 0.25) is 0 Å². The predicted octanol–water partition coefficient (Wildman–Crippen LogP) is 0.407. The molecule has 1 aliphatic rings. The van der Waals surface area contributed by atoms with E-state index >= 15 is 0 Å². The first kappa shape index (κ1) is 15.8. The average Bonchev–Trinajstić information content (AvgIpc) is 2.81. The molecule has 1 rings (SSSR count). The summed E-state index contributed by atoms with van der Waals surface area (Å²) in [6.45, 7) is -0.532. The van der Waals surface area contributed by atoms with Crippen molar-refractivity contribution >= 4 is 11.9 Å². The van der Waals surface area contributed by atoms with E-state index in [2.05, 4.69) is 10.1 Å². The van der Waals surface area contributed by atoms with Gasteiger partial charge in [-0.2, -0.15) is 0 Å². The Kier molecular flexibility index (Phi) is 6.65. The number of carboxylic acid groups (broad SMARTS) is 1. The second kappa shape index (κ2) is 8.00. The van der Waals surface area contributed by atoms with E-state index in [0.29, 0.717) is 12.8 Å². The van der Waals surface area contributed by atoms with E-state index < -0.39 is 25.1 Å². The standard InChI is InChI=1S/C11H17F2NO5/c12-9(13)6-18-4-3-10(15)14-5-7-1-2-8(19-7)11(16)17/h7-9H,1-6H2,(H,14,15)(H,16,17). The third kappa shape index (κ3) is 6.44. The highest BCUT2D eigenvalue weighted by Gasteiger charge is 2.30. The molecule has 1 saturated heterocycles. The number of amides is 1. The van der Waals surface area contributed by atoms with E-state index in [1.165, 1.54) is 0 Å². The molecule has 2 N–H and O–H groups in total. The summed E-state index contributed by atoms with van der Waals surface area (Å²) in [7, 11) is 0. The van der Waals surface area contributed by atoms with Crippen LogP contribution in [-0.4, -0.2) is 55.4 Å². The summed E-state index contributed by atoms with van der Waals surface area (Å²) in [4.78, 5) is 21.9. The molecule has 0 aromatic rings. The van der Waals surface area contributed by atoms with Gasteiger partial charge in [-0.3, -0.25) is 4.79 Å². The quantitative estimate of drug-likeness (QED) is 0.629. The minimum absolute atomic E-state index is 0.0121. The van der Waals surface area contributed by atoms with Crippen molar-refractivity contribution in [3.8, 4) is 0 Å². The van der Waals surface area contributed by atoms with Gasteiger partial charge in [0.15, 0.2) is 6.10 Å². The number of hydrogen-bond acceptors (Lipinski definition) is 4. The maximum absolute atomic E-state index is 11.7. The first-order valence-corrected chi connectivity index (χ1v) is 6.00. The third-order valence-corrected chi connectivity index (χ3v) is 2.63. The number of hydrogen-bond donors (Lipinski definition) is 2. The molecule has 0 saturated carbocycles. The number of carbonyl (C=O) groups excluding carboxylic acids is 1. The van der Waals surface area contributed by atoms with Gasteiger partial charge in [0.1, 0.15) is 6.61 Å². The van der Waals surface area contributed by atoms with E-state index in [0.717, 1.165) is 0 Å². The molecule has 0 aromatic carbocycles. The van der Waals surface area contributed by atoms with E-state index in [1.54, 1.807) is 0 Å². The Morgan fingerprint density at radius 2 is 2.16 bits per heavy atom. The summed E-state index contributed by atoms with van der Waals surface area (Å²) in [5.41, 5.74) is 0. The molecule has 0 bridgehead atoms. The van der Waals surface area contributed by atoms with Crippen molar-refractivity contribution < 1.29 is 33.0 Å². The zero-order chi connectivity index (χ0) is 14.3. The summed E-state index contributed by atoms with van der Waals surface area (Å²) >= 11 is 0. The van der Waals surface area contributed by atoms with Crippen molar-refractivity contribution in [2.75, 3.05) is 19.8 Å². The molecule has 0 radical (unpaired) electrons. The van der Waals surface area contributed by atoms with Gasteiger partial charge in [0.25, 0.3) is 6.43 Å². The molecule has 2 atom stereocenters. The molecule has 0 aliphatic carbocycles. The van der Waals surface area contributed by atoms with Gasteiger partial charge in [-0.15, -0.1) is 0 Å². The van der Waals surface area contributed by atoms with Gasteiger partial charge in [-0.1, -0.05) is 0 Å². The molecule has 1 heterocycles. The van der Waals surface area contributed by atoms with E-state index in [-0.39, 0.29) is 31.6 Å². The lowest BCUT2D eigenvalue weighted by Crippen LogP contribution is -2.33. The van der Waals surface area contributed by atoms with Crippen LogP contribution in [0.4, 0.5) is 8.78 Å². The van der Waals surface area contributed by atoms with Crippen molar-refractivity contribution in [1.29, 1.82) is 0 Å². The molecule has 19 heavy (non-hydrogen) atoms. The summed E-state index contributed by atoms with van der Waals surface area (Å²) < 4.78 is 33.2. The summed E-state index contributed by atoms with van der Waals surface area (Å²) in [6, 6.07) is 0. The van der Waals surface area contributed by atoms with Crippen LogP contribution in [0.25, 0.3) is 0 Å². The fourth-order valence-electron chi connectivity index (χ4n) is 1.69. The number of nitrogens with one attached hydrogen (secondary N) is 1. The van der Waals surface area contributed by atoms with Crippen LogP contribution in [0.15, 0.2) is 0 Å². The smallest absolute Gasteiger partial charge is 0.332 e. The first-order chi connectivity index (χ1) is 8.99. The molecule has 1 fully saturated rings. The van der Waals surface area contributed by atoms with Gasteiger partial charge in [0, 0.05) is 13.0 Å². The van der Waals surface area contributed by atoms with Crippen LogP contribution in [0, 0.1) is 0 Å². The molecule has 8 heteroatoms. The Morgan fingerprint density at radius 3 is 2.74 bits per heavy atom. The van der Waals surface area contributed by atoms with Gasteiger partial charge in [0.05, 0.1) is 12.7 Å². The first-order valence-electron chi connectivity index (χ1n) is 6.00. The van der Waals surface area contributed by atoms with Crippen molar-refractivity contribution in [3.05, 3.63) is 0 Å².